The minimum Gasteiger partial charge on any atom is -0.490 e. The van der Waals surface area contributed by atoms with E-state index in [1.807, 2.05) is 6.92 Å². The number of aromatic nitrogens is 2. The number of rotatable bonds is 7. The molecule has 34 heavy (non-hydrogen) atoms. The first-order valence-electron chi connectivity index (χ1n) is 10.7. The number of aliphatic imine (C=N–C) groups is 1. The highest BCUT2D eigenvalue weighted by Crippen LogP contribution is 2.38. The van der Waals surface area contributed by atoms with Crippen molar-refractivity contribution in [1.29, 1.82) is 0 Å². The third kappa shape index (κ3) is 5.05. The number of hydrogen-bond acceptors (Lipinski definition) is 5. The topological polar surface area (TPSA) is 103 Å². The Morgan fingerprint density at radius 1 is 1.15 bits per heavy atom. The summed E-state index contributed by atoms with van der Waals surface area (Å²) in [6.45, 7) is 2.00. The Balaban J connectivity index is 1.64. The zero-order chi connectivity index (χ0) is 24.3. The highest BCUT2D eigenvalue weighted by atomic mass is 19.4. The van der Waals surface area contributed by atoms with Gasteiger partial charge in [0.2, 0.25) is 5.91 Å². The number of aromatic amines is 1. The summed E-state index contributed by atoms with van der Waals surface area (Å²) in [4.78, 5) is 16.1. The van der Waals surface area contributed by atoms with Crippen LogP contribution < -0.4 is 15.2 Å². The number of fused-ring (bicyclic) bond motifs is 1. The van der Waals surface area contributed by atoms with Crippen molar-refractivity contribution in [3.63, 3.8) is 0 Å². The molecular formula is C24H23F3N4O3. The molecule has 0 bridgehead atoms. The minimum absolute atomic E-state index is 0.0208. The van der Waals surface area contributed by atoms with E-state index in [4.69, 9.17) is 15.2 Å². The maximum Gasteiger partial charge on any atom is 0.416 e. The van der Waals surface area contributed by atoms with E-state index in [9.17, 15) is 18.0 Å². The Morgan fingerprint density at radius 2 is 1.97 bits per heavy atom. The van der Waals surface area contributed by atoms with E-state index in [0.29, 0.717) is 18.1 Å². The molecule has 1 amide bonds. The number of nitrogens with one attached hydrogen (secondary N) is 1. The van der Waals surface area contributed by atoms with Crippen molar-refractivity contribution in [2.75, 3.05) is 12.3 Å². The van der Waals surface area contributed by atoms with Gasteiger partial charge in [-0.05, 0) is 36.2 Å². The fraction of sp³-hybridized carbons (Fsp3) is 0.292. The first-order chi connectivity index (χ1) is 16.3. The number of nitrogen functional groups attached to an aromatic ring is 1. The van der Waals surface area contributed by atoms with Crippen molar-refractivity contribution < 1.29 is 27.4 Å². The van der Waals surface area contributed by atoms with E-state index >= 15 is 0 Å². The average molecular weight is 472 g/mol. The molecule has 10 heteroatoms. The SMILES string of the molecule is CCCOc1cc(C2CC(=O)N=Cc3cn[nH]c32)ccc1OCc1ccc(N)cc1C(F)(F)F. The van der Waals surface area contributed by atoms with Crippen LogP contribution in [0.2, 0.25) is 0 Å². The van der Waals surface area contributed by atoms with Gasteiger partial charge in [0.05, 0.1) is 24.1 Å². The van der Waals surface area contributed by atoms with Gasteiger partial charge in [-0.15, -0.1) is 0 Å². The van der Waals surface area contributed by atoms with Crippen LogP contribution in [0.15, 0.2) is 47.6 Å². The van der Waals surface area contributed by atoms with Gasteiger partial charge in [-0.3, -0.25) is 9.89 Å². The predicted molar refractivity (Wildman–Crippen MR) is 120 cm³/mol. The molecule has 0 spiro atoms. The molecule has 2 heterocycles. The van der Waals surface area contributed by atoms with Gasteiger partial charge < -0.3 is 15.2 Å². The highest BCUT2D eigenvalue weighted by Gasteiger charge is 2.33. The molecule has 3 N–H and O–H groups in total. The number of amides is 1. The van der Waals surface area contributed by atoms with Crippen LogP contribution in [0.5, 0.6) is 11.5 Å². The molecule has 0 aliphatic carbocycles. The minimum atomic E-state index is -4.56. The number of carbonyl (C=O) groups excluding carboxylic acids is 1. The van der Waals surface area contributed by atoms with Crippen molar-refractivity contribution in [3.8, 4) is 11.5 Å². The number of nitrogens with zero attached hydrogens (tertiary/aromatic N) is 2. The quantitative estimate of drug-likeness (QED) is 0.478. The number of H-pyrrole nitrogens is 1. The molecule has 0 saturated heterocycles. The lowest BCUT2D eigenvalue weighted by molar-refractivity contribution is -0.138. The Kier molecular flexibility index (Phi) is 6.58. The molecule has 1 atom stereocenters. The van der Waals surface area contributed by atoms with E-state index in [1.165, 1.54) is 18.3 Å². The summed E-state index contributed by atoms with van der Waals surface area (Å²) in [5, 5.41) is 6.98. The van der Waals surface area contributed by atoms with Crippen LogP contribution in [-0.4, -0.2) is 28.9 Å². The second-order valence-electron chi connectivity index (χ2n) is 7.91. The Bertz CT molecular complexity index is 1220. The van der Waals surface area contributed by atoms with Crippen LogP contribution in [0.1, 0.15) is 53.6 Å². The third-order valence-corrected chi connectivity index (χ3v) is 5.43. The molecule has 0 fully saturated rings. The number of benzene rings is 2. The molecule has 4 rings (SSSR count). The van der Waals surface area contributed by atoms with E-state index in [-0.39, 0.29) is 36.1 Å². The molecule has 0 radical (unpaired) electrons. The van der Waals surface area contributed by atoms with Crippen LogP contribution in [0.25, 0.3) is 0 Å². The standard InChI is InChI=1S/C24H23F3N4O3/c1-2-7-33-21-8-14(18-10-22(32)29-11-16-12-30-31-23(16)18)4-6-20(21)34-13-15-3-5-17(28)9-19(15)24(25,26)27/h3-6,8-9,11-12,18H,2,7,10,13,28H2,1H3,(H,30,31). The lowest BCUT2D eigenvalue weighted by Gasteiger charge is -2.19. The van der Waals surface area contributed by atoms with E-state index < -0.39 is 11.7 Å². The summed E-state index contributed by atoms with van der Waals surface area (Å²) < 4.78 is 51.9. The van der Waals surface area contributed by atoms with Crippen molar-refractivity contribution in [2.45, 2.75) is 38.5 Å². The number of hydrogen-bond donors (Lipinski definition) is 2. The van der Waals surface area contributed by atoms with Gasteiger partial charge in [0.1, 0.15) is 6.61 Å². The normalized spacial score (nSPS) is 15.6. The Labute approximate surface area is 193 Å². The second kappa shape index (κ2) is 9.58. The van der Waals surface area contributed by atoms with Gasteiger partial charge in [0, 0.05) is 35.4 Å². The Morgan fingerprint density at radius 3 is 2.74 bits per heavy atom. The van der Waals surface area contributed by atoms with Crippen LogP contribution in [0.3, 0.4) is 0 Å². The van der Waals surface area contributed by atoms with Gasteiger partial charge in [-0.2, -0.15) is 18.3 Å². The molecule has 7 nitrogen and oxygen atoms in total. The smallest absolute Gasteiger partial charge is 0.416 e. The second-order valence-corrected chi connectivity index (χ2v) is 7.91. The first kappa shape index (κ1) is 23.3. The average Bonchev–Trinajstić information content (AvgIpc) is 3.21. The van der Waals surface area contributed by atoms with Crippen molar-refractivity contribution in [1.82, 2.24) is 10.2 Å². The first-order valence-corrected chi connectivity index (χ1v) is 10.7. The monoisotopic (exact) mass is 472 g/mol. The van der Waals surface area contributed by atoms with Crippen LogP contribution in [0.4, 0.5) is 18.9 Å². The van der Waals surface area contributed by atoms with Crippen molar-refractivity contribution >= 4 is 17.8 Å². The Hall–Kier alpha value is -3.82. The lowest BCUT2D eigenvalue weighted by Crippen LogP contribution is -2.12. The fourth-order valence-corrected chi connectivity index (χ4v) is 3.77. The number of carbonyl (C=O) groups is 1. The van der Waals surface area contributed by atoms with Crippen LogP contribution >= 0.6 is 0 Å². The number of alkyl halides is 3. The van der Waals surface area contributed by atoms with Gasteiger partial charge in [-0.1, -0.05) is 19.1 Å². The summed E-state index contributed by atoms with van der Waals surface area (Å²) in [7, 11) is 0. The lowest BCUT2D eigenvalue weighted by atomic mass is 9.90. The third-order valence-electron chi connectivity index (χ3n) is 5.43. The van der Waals surface area contributed by atoms with Crippen molar-refractivity contribution in [2.24, 2.45) is 4.99 Å². The maximum atomic E-state index is 13.4. The fourth-order valence-electron chi connectivity index (χ4n) is 3.77. The number of halogens is 3. The molecule has 3 aromatic rings. The van der Waals surface area contributed by atoms with Gasteiger partial charge in [-0.25, -0.2) is 4.99 Å². The summed E-state index contributed by atoms with van der Waals surface area (Å²) in [5.41, 5.74) is 6.92. The van der Waals surface area contributed by atoms with Gasteiger partial charge >= 0.3 is 6.18 Å². The molecule has 0 saturated carbocycles. The zero-order valence-electron chi connectivity index (χ0n) is 18.4. The summed E-state index contributed by atoms with van der Waals surface area (Å²) in [6.07, 6.45) is -0.617. The van der Waals surface area contributed by atoms with Crippen LogP contribution in [-0.2, 0) is 17.6 Å². The molecular weight excluding hydrogens is 449 g/mol. The molecule has 1 aromatic heterocycles. The highest BCUT2D eigenvalue weighted by molar-refractivity contribution is 5.95. The van der Waals surface area contributed by atoms with E-state index in [0.717, 1.165) is 29.3 Å². The number of nitrogens with two attached hydrogens (primary N) is 1. The van der Waals surface area contributed by atoms with Gasteiger partial charge in [0.15, 0.2) is 11.5 Å². The van der Waals surface area contributed by atoms with E-state index in [1.54, 1.807) is 24.4 Å². The zero-order valence-corrected chi connectivity index (χ0v) is 18.4. The number of anilines is 1. The maximum absolute atomic E-state index is 13.4. The van der Waals surface area contributed by atoms with E-state index in [2.05, 4.69) is 15.2 Å². The molecule has 178 valence electrons. The van der Waals surface area contributed by atoms with Crippen molar-refractivity contribution in [3.05, 3.63) is 70.5 Å². The molecule has 1 aliphatic rings. The van der Waals surface area contributed by atoms with Crippen LogP contribution in [0, 0.1) is 0 Å². The summed E-state index contributed by atoms with van der Waals surface area (Å²) in [6, 6.07) is 8.73. The molecule has 2 aromatic carbocycles. The summed E-state index contributed by atoms with van der Waals surface area (Å²) >= 11 is 0. The van der Waals surface area contributed by atoms with Gasteiger partial charge in [0.25, 0.3) is 0 Å². The largest absolute Gasteiger partial charge is 0.490 e. The molecule has 1 unspecified atom stereocenters. The molecule has 1 aliphatic heterocycles. The predicted octanol–water partition coefficient (Wildman–Crippen LogP) is 4.86. The summed E-state index contributed by atoms with van der Waals surface area (Å²) in [5.74, 6) is 0.0682. The number of ether oxygens (including phenoxy) is 2.